The first-order valence-electron chi connectivity index (χ1n) is 11.4. The molecule has 0 unspecified atom stereocenters. The van der Waals surface area contributed by atoms with E-state index in [2.05, 4.69) is 56.8 Å². The molecule has 7 nitrogen and oxygen atoms in total. The van der Waals surface area contributed by atoms with E-state index in [0.717, 1.165) is 59.6 Å². The molecule has 1 amide bonds. The van der Waals surface area contributed by atoms with E-state index in [1.807, 2.05) is 25.3 Å². The number of nitrogens with one attached hydrogen (secondary N) is 1. The molecule has 3 heterocycles. The summed E-state index contributed by atoms with van der Waals surface area (Å²) in [6, 6.07) is 14.6. The van der Waals surface area contributed by atoms with Crippen LogP contribution in [0.25, 0.3) is 0 Å². The number of rotatable bonds is 6. The Morgan fingerprint density at radius 2 is 1.94 bits per heavy atom. The topological polar surface area (TPSA) is 74.2 Å². The molecule has 3 aromatic rings. The average Bonchev–Trinajstić information content (AvgIpc) is 3.30. The minimum atomic E-state index is -0.0546. The van der Waals surface area contributed by atoms with Crippen LogP contribution in [-0.2, 0) is 11.2 Å². The van der Waals surface area contributed by atoms with Gasteiger partial charge in [-0.1, -0.05) is 18.3 Å². The fourth-order valence-corrected chi connectivity index (χ4v) is 5.14. The standard InChI is InChI=1S/C26H27N5O2S/c1-3-24(32)31-11-10-19-16-22(8-9-23(19)31)34-25-18(2)17-27-26(29-25)28-20-4-6-21(7-5-20)30-12-14-33-15-13-30/h3-9,16-17H,1,10-15H2,2H3,(H,27,28,29)/p+1. The van der Waals surface area contributed by atoms with Crippen molar-refractivity contribution >= 4 is 40.7 Å². The van der Waals surface area contributed by atoms with E-state index in [9.17, 15) is 4.79 Å². The van der Waals surface area contributed by atoms with Gasteiger partial charge in [0.25, 0.3) is 0 Å². The Balaban J connectivity index is 1.29. The number of anilines is 4. The van der Waals surface area contributed by atoms with Crippen molar-refractivity contribution in [3.63, 3.8) is 0 Å². The predicted octanol–water partition coefficient (Wildman–Crippen LogP) is 4.10. The molecule has 2 aromatic carbocycles. The third kappa shape index (κ3) is 4.78. The van der Waals surface area contributed by atoms with Crippen LogP contribution in [-0.4, -0.2) is 53.5 Å². The molecular formula is C26H28N5O2S+. The van der Waals surface area contributed by atoms with Gasteiger partial charge in [-0.3, -0.25) is 4.79 Å². The number of fused-ring (bicyclic) bond motifs is 1. The Labute approximate surface area is 203 Å². The van der Waals surface area contributed by atoms with Gasteiger partial charge in [0.2, 0.25) is 11.9 Å². The van der Waals surface area contributed by atoms with Crippen LogP contribution in [0.4, 0.5) is 23.0 Å². The van der Waals surface area contributed by atoms with Gasteiger partial charge in [0.15, 0.2) is 13.2 Å². The summed E-state index contributed by atoms with van der Waals surface area (Å²) in [5.41, 5.74) is 5.33. The van der Waals surface area contributed by atoms with E-state index in [-0.39, 0.29) is 5.91 Å². The van der Waals surface area contributed by atoms with Crippen molar-refractivity contribution in [2.45, 2.75) is 23.3 Å². The highest BCUT2D eigenvalue weighted by Crippen LogP contribution is 2.35. The maximum absolute atomic E-state index is 12.1. The van der Waals surface area contributed by atoms with Crippen molar-refractivity contribution in [3.8, 4) is 0 Å². The van der Waals surface area contributed by atoms with Crippen LogP contribution < -0.4 is 15.1 Å². The largest absolute Gasteiger partial charge is 0.431 e. The summed E-state index contributed by atoms with van der Waals surface area (Å²) >= 11 is 1.61. The van der Waals surface area contributed by atoms with Gasteiger partial charge in [-0.25, -0.2) is 9.97 Å². The molecule has 8 heteroatoms. The molecule has 1 aromatic heterocycles. The molecule has 0 atom stereocenters. The first-order valence-corrected chi connectivity index (χ1v) is 12.3. The van der Waals surface area contributed by atoms with E-state index in [1.54, 1.807) is 16.7 Å². The first-order chi connectivity index (χ1) is 16.6. The van der Waals surface area contributed by atoms with Crippen LogP contribution in [0.2, 0.25) is 0 Å². The molecule has 2 aliphatic heterocycles. The number of ether oxygens (including phenoxy) is 1. The molecule has 0 radical (unpaired) electrons. The third-order valence-electron chi connectivity index (χ3n) is 6.07. The molecule has 0 aliphatic carbocycles. The highest BCUT2D eigenvalue weighted by molar-refractivity contribution is 7.99. The van der Waals surface area contributed by atoms with Crippen molar-refractivity contribution in [2.24, 2.45) is 0 Å². The highest BCUT2D eigenvalue weighted by Gasteiger charge is 2.23. The van der Waals surface area contributed by atoms with Crippen LogP contribution in [0.1, 0.15) is 11.1 Å². The lowest BCUT2D eigenvalue weighted by Crippen LogP contribution is -2.38. The monoisotopic (exact) mass is 474 g/mol. The lowest BCUT2D eigenvalue weighted by molar-refractivity contribution is -0.114. The summed E-state index contributed by atoms with van der Waals surface area (Å²) in [7, 11) is 0. The minimum Gasteiger partial charge on any atom is -0.431 e. The second-order valence-corrected chi connectivity index (χ2v) is 9.41. The third-order valence-corrected chi connectivity index (χ3v) is 7.17. The summed E-state index contributed by atoms with van der Waals surface area (Å²) in [6.45, 7) is 10.1. The van der Waals surface area contributed by atoms with Gasteiger partial charge in [-0.2, -0.15) is 0 Å². The number of aromatic nitrogens is 2. The first kappa shape index (κ1) is 22.4. The Morgan fingerprint density at radius 3 is 2.71 bits per heavy atom. The molecule has 5 rings (SSSR count). The SMILES string of the molecule is C=CC(=O)N1CCc2cc(Sc3nc(Nc4ccc(N5CC[OH+]CC5)cc4)ncc3C)ccc21. The van der Waals surface area contributed by atoms with E-state index in [0.29, 0.717) is 12.5 Å². The summed E-state index contributed by atoms with van der Waals surface area (Å²) < 4.78 is 4.41. The summed E-state index contributed by atoms with van der Waals surface area (Å²) in [5.74, 6) is 0.516. The number of benzene rings is 2. The Bertz CT molecular complexity index is 1210. The second kappa shape index (κ2) is 9.87. The summed E-state index contributed by atoms with van der Waals surface area (Å²) in [5, 5.41) is 4.23. The summed E-state index contributed by atoms with van der Waals surface area (Å²) in [6.07, 6.45) is 4.07. The quantitative estimate of drug-likeness (QED) is 0.329. The highest BCUT2D eigenvalue weighted by atomic mass is 32.2. The van der Waals surface area contributed by atoms with E-state index in [1.165, 1.54) is 17.3 Å². The number of morpholine rings is 1. The van der Waals surface area contributed by atoms with Gasteiger partial charge in [-0.15, -0.1) is 0 Å². The van der Waals surface area contributed by atoms with Crippen molar-refractivity contribution in [1.82, 2.24) is 9.97 Å². The van der Waals surface area contributed by atoms with Gasteiger partial charge in [0.05, 0.1) is 13.1 Å². The van der Waals surface area contributed by atoms with E-state index in [4.69, 9.17) is 4.98 Å². The zero-order chi connectivity index (χ0) is 23.5. The Kier molecular flexibility index (Phi) is 6.51. The molecule has 34 heavy (non-hydrogen) atoms. The van der Waals surface area contributed by atoms with Crippen LogP contribution >= 0.6 is 11.8 Å². The van der Waals surface area contributed by atoms with Crippen LogP contribution in [0.15, 0.2) is 71.2 Å². The Morgan fingerprint density at radius 1 is 1.15 bits per heavy atom. The normalized spacial score (nSPS) is 15.2. The predicted molar refractivity (Wildman–Crippen MR) is 137 cm³/mol. The summed E-state index contributed by atoms with van der Waals surface area (Å²) in [4.78, 5) is 26.5. The van der Waals surface area contributed by atoms with Gasteiger partial charge >= 0.3 is 0 Å². The number of carbonyl (C=O) groups excluding carboxylic acids is 1. The zero-order valence-corrected chi connectivity index (χ0v) is 20.0. The molecule has 1 fully saturated rings. The number of amides is 1. The van der Waals surface area contributed by atoms with Crippen LogP contribution in [0, 0.1) is 6.92 Å². The fraction of sp³-hybridized carbons (Fsp3) is 0.269. The number of nitrogens with zero attached hydrogens (tertiary/aromatic N) is 4. The van der Waals surface area contributed by atoms with Crippen LogP contribution in [0.3, 0.4) is 0 Å². The number of hydrogen-bond acceptors (Lipinski definition) is 6. The van der Waals surface area contributed by atoms with E-state index >= 15 is 0 Å². The number of aliphatic hydroxyl groups is 2. The van der Waals surface area contributed by atoms with Gasteiger partial charge in [-0.05, 0) is 67.4 Å². The molecule has 0 saturated carbocycles. The number of carbonyl (C=O) groups is 1. The lowest BCUT2D eigenvalue weighted by Gasteiger charge is -2.26. The molecule has 1 saturated heterocycles. The lowest BCUT2D eigenvalue weighted by atomic mass is 10.2. The minimum absolute atomic E-state index is 0.0546. The maximum atomic E-state index is 12.1. The second-order valence-electron chi connectivity index (χ2n) is 8.35. The molecule has 2 N–H and O–H groups in total. The van der Waals surface area contributed by atoms with Crippen LogP contribution in [0.5, 0.6) is 0 Å². The number of aryl methyl sites for hydroxylation is 1. The smallest absolute Gasteiger partial charge is 0.250 e. The van der Waals surface area contributed by atoms with Crippen molar-refractivity contribution in [1.29, 1.82) is 0 Å². The van der Waals surface area contributed by atoms with Gasteiger partial charge in [0, 0.05) is 40.3 Å². The van der Waals surface area contributed by atoms with Crippen molar-refractivity contribution in [2.75, 3.05) is 48.0 Å². The Hall–Kier alpha value is -3.36. The molecule has 2 aliphatic rings. The van der Waals surface area contributed by atoms with Gasteiger partial charge in [0.1, 0.15) is 5.03 Å². The van der Waals surface area contributed by atoms with E-state index < -0.39 is 0 Å². The average molecular weight is 475 g/mol. The van der Waals surface area contributed by atoms with Gasteiger partial charge < -0.3 is 19.9 Å². The van der Waals surface area contributed by atoms with Crippen molar-refractivity contribution in [3.05, 3.63) is 72.4 Å². The molecular weight excluding hydrogens is 446 g/mol. The zero-order valence-electron chi connectivity index (χ0n) is 19.2. The van der Waals surface area contributed by atoms with Crippen molar-refractivity contribution < 1.29 is 9.53 Å². The number of hydrogen-bond donors (Lipinski definition) is 1. The fourth-order valence-electron chi connectivity index (χ4n) is 4.23. The molecule has 0 spiro atoms. The molecule has 174 valence electrons. The molecule has 0 bridgehead atoms. The maximum Gasteiger partial charge on any atom is 0.250 e.